The minimum absolute atomic E-state index is 0.166. The number of ketones is 1. The minimum Gasteiger partial charge on any atom is -0.486 e. The number of hydrogen-bond acceptors (Lipinski definition) is 6. The van der Waals surface area contributed by atoms with Crippen LogP contribution in [0.1, 0.15) is 67.6 Å². The first-order valence-electron chi connectivity index (χ1n) is 8.98. The van der Waals surface area contributed by atoms with Crippen molar-refractivity contribution in [3.8, 4) is 11.5 Å². The Morgan fingerprint density at radius 1 is 1.16 bits per heavy atom. The van der Waals surface area contributed by atoms with Gasteiger partial charge in [-0.05, 0) is 37.8 Å². The lowest BCUT2D eigenvalue weighted by Gasteiger charge is -2.40. The molecule has 0 atom stereocenters. The van der Waals surface area contributed by atoms with Crippen LogP contribution in [0.2, 0.25) is 0 Å². The Hall–Kier alpha value is -2.37. The number of fused-ring (bicyclic) bond motifs is 1. The van der Waals surface area contributed by atoms with Crippen LogP contribution in [0.3, 0.4) is 0 Å². The first-order valence-corrected chi connectivity index (χ1v) is 8.98. The summed E-state index contributed by atoms with van der Waals surface area (Å²) < 4.78 is 17.5. The van der Waals surface area contributed by atoms with E-state index >= 15 is 0 Å². The summed E-state index contributed by atoms with van der Waals surface area (Å²) in [5.41, 5.74) is 0.332. The molecule has 0 bridgehead atoms. The first-order chi connectivity index (χ1) is 12.2. The fourth-order valence-electron chi connectivity index (χ4n) is 3.67. The van der Waals surface area contributed by atoms with Crippen molar-refractivity contribution < 1.29 is 18.7 Å². The number of carbonyl (C=O) groups excluding carboxylic acids is 1. The van der Waals surface area contributed by atoms with Crippen LogP contribution in [0.4, 0.5) is 0 Å². The number of aryl methyl sites for hydroxylation is 1. The summed E-state index contributed by atoms with van der Waals surface area (Å²) in [6, 6.07) is 5.38. The molecule has 2 heterocycles. The number of hydrogen-bond donors (Lipinski definition) is 0. The van der Waals surface area contributed by atoms with E-state index in [1.165, 1.54) is 6.42 Å². The van der Waals surface area contributed by atoms with Gasteiger partial charge < -0.3 is 13.9 Å². The van der Waals surface area contributed by atoms with Crippen molar-refractivity contribution in [1.82, 2.24) is 10.2 Å². The number of Topliss-reactive ketones (excluding diaryl/α,β-unsaturated/α-hetero) is 1. The smallest absolute Gasteiger partial charge is 0.253 e. The monoisotopic (exact) mass is 342 g/mol. The number of nitrogens with zero attached hydrogens (tertiary/aromatic N) is 2. The largest absolute Gasteiger partial charge is 0.486 e. The second kappa shape index (κ2) is 6.50. The van der Waals surface area contributed by atoms with Crippen LogP contribution >= 0.6 is 0 Å². The van der Waals surface area contributed by atoms with Crippen molar-refractivity contribution >= 4 is 5.78 Å². The van der Waals surface area contributed by atoms with E-state index in [9.17, 15) is 4.79 Å². The molecule has 0 saturated heterocycles. The lowest BCUT2D eigenvalue weighted by atomic mass is 9.78. The van der Waals surface area contributed by atoms with Gasteiger partial charge in [0.15, 0.2) is 12.4 Å². The molecule has 1 aromatic heterocycles. The van der Waals surface area contributed by atoms with Gasteiger partial charge in [0.1, 0.15) is 17.1 Å². The first kappa shape index (κ1) is 16.1. The third kappa shape index (κ3) is 3.25. The van der Waals surface area contributed by atoms with Gasteiger partial charge >= 0.3 is 0 Å². The highest BCUT2D eigenvalue weighted by molar-refractivity contribution is 6.00. The highest BCUT2D eigenvalue weighted by Gasteiger charge is 2.41. The Labute approximate surface area is 146 Å². The van der Waals surface area contributed by atoms with E-state index in [0.29, 0.717) is 41.7 Å². The molecule has 25 heavy (non-hydrogen) atoms. The summed E-state index contributed by atoms with van der Waals surface area (Å²) in [6.07, 6.45) is 6.55. The van der Waals surface area contributed by atoms with Gasteiger partial charge in [0.25, 0.3) is 5.89 Å². The third-order valence-electron chi connectivity index (χ3n) is 5.00. The zero-order valence-corrected chi connectivity index (χ0v) is 14.4. The zero-order chi connectivity index (χ0) is 17.3. The molecule has 4 rings (SSSR count). The summed E-state index contributed by atoms with van der Waals surface area (Å²) in [6.45, 7) is 2.15. The molecule has 1 aliphatic heterocycles. The predicted octanol–water partition coefficient (Wildman–Crippen LogP) is 3.88. The van der Waals surface area contributed by atoms with Gasteiger partial charge in [-0.1, -0.05) is 13.3 Å². The van der Waals surface area contributed by atoms with Crippen LogP contribution in [0.5, 0.6) is 11.5 Å². The molecule has 1 saturated carbocycles. The number of carbonyl (C=O) groups is 1. The van der Waals surface area contributed by atoms with Gasteiger partial charge in [0, 0.05) is 12.5 Å². The van der Waals surface area contributed by atoms with Crippen molar-refractivity contribution in [2.45, 2.75) is 64.1 Å². The number of ether oxygens (including phenoxy) is 2. The van der Waals surface area contributed by atoms with Gasteiger partial charge in [0.05, 0.1) is 12.0 Å². The Kier molecular flexibility index (Phi) is 4.19. The molecule has 0 unspecified atom stereocenters. The molecule has 0 N–H and O–H groups in total. The average Bonchev–Trinajstić information content (AvgIpc) is 3.08. The standard InChI is InChI=1S/C19H22N2O4/c1-2-17-20-21-18(24-17)12-23-13-6-7-14-15(22)11-19(25-16(14)10-13)8-4-3-5-9-19/h6-7,10H,2-5,8-9,11-12H2,1H3. The second-order valence-corrected chi connectivity index (χ2v) is 6.84. The van der Waals surface area contributed by atoms with Crippen LogP contribution in [-0.4, -0.2) is 21.6 Å². The lowest BCUT2D eigenvalue weighted by molar-refractivity contribution is 0.0134. The molecule has 6 nitrogen and oxygen atoms in total. The fraction of sp³-hybridized carbons (Fsp3) is 0.526. The third-order valence-corrected chi connectivity index (χ3v) is 5.00. The molecule has 1 aromatic carbocycles. The SMILES string of the molecule is CCc1nnc(COc2ccc3c(c2)OC2(CCCCC2)CC3=O)o1. The van der Waals surface area contributed by atoms with Crippen LogP contribution in [0, 0.1) is 0 Å². The number of aromatic nitrogens is 2. The molecule has 1 aliphatic carbocycles. The Morgan fingerprint density at radius 3 is 2.72 bits per heavy atom. The van der Waals surface area contributed by atoms with Crippen molar-refractivity contribution in [2.75, 3.05) is 0 Å². The zero-order valence-electron chi connectivity index (χ0n) is 14.4. The van der Waals surface area contributed by atoms with Crippen LogP contribution < -0.4 is 9.47 Å². The summed E-state index contributed by atoms with van der Waals surface area (Å²) in [5, 5.41) is 7.86. The highest BCUT2D eigenvalue weighted by atomic mass is 16.5. The maximum Gasteiger partial charge on any atom is 0.253 e. The van der Waals surface area contributed by atoms with Crippen molar-refractivity contribution in [1.29, 1.82) is 0 Å². The Bertz CT molecular complexity index is 777. The fourth-order valence-corrected chi connectivity index (χ4v) is 3.67. The van der Waals surface area contributed by atoms with Crippen LogP contribution in [0.25, 0.3) is 0 Å². The van der Waals surface area contributed by atoms with Gasteiger partial charge in [0.2, 0.25) is 5.89 Å². The maximum absolute atomic E-state index is 12.5. The molecule has 1 spiro atoms. The van der Waals surface area contributed by atoms with E-state index in [-0.39, 0.29) is 18.0 Å². The molecule has 0 radical (unpaired) electrons. The lowest BCUT2D eigenvalue weighted by Crippen LogP contribution is -2.43. The Balaban J connectivity index is 1.50. The average molecular weight is 342 g/mol. The molecule has 2 aromatic rings. The highest BCUT2D eigenvalue weighted by Crippen LogP contribution is 2.42. The van der Waals surface area contributed by atoms with Crippen molar-refractivity contribution in [3.63, 3.8) is 0 Å². The van der Waals surface area contributed by atoms with E-state index in [1.807, 2.05) is 6.92 Å². The molecule has 132 valence electrons. The normalized spacial score (nSPS) is 18.7. The van der Waals surface area contributed by atoms with Gasteiger partial charge in [-0.25, -0.2) is 0 Å². The number of rotatable bonds is 4. The van der Waals surface area contributed by atoms with Crippen molar-refractivity contribution in [3.05, 3.63) is 35.5 Å². The van der Waals surface area contributed by atoms with Crippen molar-refractivity contribution in [2.24, 2.45) is 0 Å². The Morgan fingerprint density at radius 2 is 1.96 bits per heavy atom. The molecular weight excluding hydrogens is 320 g/mol. The predicted molar refractivity (Wildman–Crippen MR) is 89.8 cm³/mol. The summed E-state index contributed by atoms with van der Waals surface area (Å²) in [5.74, 6) is 2.47. The van der Waals surface area contributed by atoms with Gasteiger partial charge in [-0.2, -0.15) is 0 Å². The summed E-state index contributed by atoms with van der Waals surface area (Å²) in [7, 11) is 0. The quantitative estimate of drug-likeness (QED) is 0.839. The van der Waals surface area contributed by atoms with E-state index in [0.717, 1.165) is 25.7 Å². The van der Waals surface area contributed by atoms with Crippen LogP contribution in [0.15, 0.2) is 22.6 Å². The molecular formula is C19H22N2O4. The molecule has 6 heteroatoms. The van der Waals surface area contributed by atoms with Gasteiger partial charge in [-0.3, -0.25) is 4.79 Å². The maximum atomic E-state index is 12.5. The number of benzene rings is 1. The minimum atomic E-state index is -0.316. The van der Waals surface area contributed by atoms with E-state index < -0.39 is 0 Å². The molecule has 2 aliphatic rings. The van der Waals surface area contributed by atoms with E-state index in [4.69, 9.17) is 13.9 Å². The molecule has 0 amide bonds. The topological polar surface area (TPSA) is 74.5 Å². The van der Waals surface area contributed by atoms with E-state index in [1.54, 1.807) is 18.2 Å². The van der Waals surface area contributed by atoms with E-state index in [2.05, 4.69) is 10.2 Å². The summed E-state index contributed by atoms with van der Waals surface area (Å²) in [4.78, 5) is 12.5. The second-order valence-electron chi connectivity index (χ2n) is 6.84. The summed E-state index contributed by atoms with van der Waals surface area (Å²) >= 11 is 0. The van der Waals surface area contributed by atoms with Crippen LogP contribution in [-0.2, 0) is 13.0 Å². The van der Waals surface area contributed by atoms with Gasteiger partial charge in [-0.15, -0.1) is 10.2 Å². The molecule has 1 fully saturated rings.